The van der Waals surface area contributed by atoms with E-state index in [1.54, 1.807) is 11.6 Å². The van der Waals surface area contributed by atoms with E-state index in [-0.39, 0.29) is 5.76 Å². The molecule has 1 saturated heterocycles. The van der Waals surface area contributed by atoms with E-state index in [1.807, 2.05) is 18.2 Å². The number of hydrogen-bond acceptors (Lipinski definition) is 4. The molecule has 0 amide bonds. The van der Waals surface area contributed by atoms with E-state index in [4.69, 9.17) is 4.42 Å². The fourth-order valence-corrected chi connectivity index (χ4v) is 2.99. The van der Waals surface area contributed by atoms with E-state index in [9.17, 15) is 4.79 Å². The lowest BCUT2D eigenvalue weighted by Gasteiger charge is -2.43. The van der Waals surface area contributed by atoms with Crippen molar-refractivity contribution < 1.29 is 4.42 Å². The van der Waals surface area contributed by atoms with Gasteiger partial charge in [-0.2, -0.15) is 0 Å². The van der Waals surface area contributed by atoms with Crippen molar-refractivity contribution in [2.24, 2.45) is 7.05 Å². The summed E-state index contributed by atoms with van der Waals surface area (Å²) in [6, 6.07) is 6.90. The minimum absolute atomic E-state index is 0.303. The van der Waals surface area contributed by atoms with Crippen LogP contribution in [0.25, 0.3) is 11.1 Å². The molecule has 2 atom stereocenters. The zero-order valence-corrected chi connectivity index (χ0v) is 12.5. The number of piperazine rings is 1. The normalized spacial score (nSPS) is 24.5. The summed E-state index contributed by atoms with van der Waals surface area (Å²) in [7, 11) is 3.91. The molecule has 1 aliphatic heterocycles. The lowest BCUT2D eigenvalue weighted by molar-refractivity contribution is 0.170. The van der Waals surface area contributed by atoms with Crippen LogP contribution in [0.3, 0.4) is 0 Å². The largest absolute Gasteiger partial charge is 0.419 e. The van der Waals surface area contributed by atoms with Gasteiger partial charge in [-0.3, -0.25) is 9.47 Å². The second-order valence-electron chi connectivity index (χ2n) is 5.82. The summed E-state index contributed by atoms with van der Waals surface area (Å²) in [5.74, 6) is -0.303. The SMILES string of the molecule is C[C@@H]1CN(c2cccc3c2oc(=O)n3C)C[C@H](C)N1C. The maximum Gasteiger partial charge on any atom is 0.419 e. The number of aromatic nitrogens is 1. The lowest BCUT2D eigenvalue weighted by atomic mass is 10.1. The van der Waals surface area contributed by atoms with Gasteiger partial charge in [-0.05, 0) is 33.0 Å². The van der Waals surface area contributed by atoms with E-state index in [2.05, 4.69) is 30.7 Å². The average molecular weight is 275 g/mol. The van der Waals surface area contributed by atoms with Gasteiger partial charge in [0.05, 0.1) is 11.2 Å². The van der Waals surface area contributed by atoms with Gasteiger partial charge in [0, 0.05) is 32.2 Å². The number of para-hydroxylation sites is 1. The van der Waals surface area contributed by atoms with Gasteiger partial charge < -0.3 is 9.32 Å². The number of aryl methyl sites for hydroxylation is 1. The Morgan fingerprint density at radius 2 is 1.80 bits per heavy atom. The van der Waals surface area contributed by atoms with Crippen LogP contribution in [-0.2, 0) is 7.05 Å². The predicted octanol–water partition coefficient (Wildman–Crippen LogP) is 1.66. The first kappa shape index (κ1) is 13.2. The highest BCUT2D eigenvalue weighted by atomic mass is 16.4. The zero-order chi connectivity index (χ0) is 14.4. The Morgan fingerprint density at radius 1 is 1.15 bits per heavy atom. The number of nitrogens with zero attached hydrogens (tertiary/aromatic N) is 3. The van der Waals surface area contributed by atoms with Crippen molar-refractivity contribution in [1.29, 1.82) is 0 Å². The molecule has 1 aliphatic rings. The fourth-order valence-electron chi connectivity index (χ4n) is 2.99. The van der Waals surface area contributed by atoms with Crippen LogP contribution in [0.2, 0.25) is 0 Å². The van der Waals surface area contributed by atoms with Crippen LogP contribution in [0.4, 0.5) is 5.69 Å². The van der Waals surface area contributed by atoms with Crippen molar-refractivity contribution in [3.05, 3.63) is 28.7 Å². The number of rotatable bonds is 1. The topological polar surface area (TPSA) is 41.6 Å². The monoisotopic (exact) mass is 275 g/mol. The van der Waals surface area contributed by atoms with Crippen molar-refractivity contribution in [3.63, 3.8) is 0 Å². The molecule has 20 heavy (non-hydrogen) atoms. The Labute approximate surface area is 118 Å². The molecule has 3 rings (SSSR count). The molecule has 0 radical (unpaired) electrons. The third-order valence-electron chi connectivity index (χ3n) is 4.50. The minimum Gasteiger partial charge on any atom is -0.405 e. The summed E-state index contributed by atoms with van der Waals surface area (Å²) < 4.78 is 6.99. The molecule has 2 heterocycles. The van der Waals surface area contributed by atoms with E-state index in [0.29, 0.717) is 17.7 Å². The summed E-state index contributed by atoms with van der Waals surface area (Å²) >= 11 is 0. The summed E-state index contributed by atoms with van der Waals surface area (Å²) in [6.07, 6.45) is 0. The van der Waals surface area contributed by atoms with Crippen LogP contribution in [-0.4, -0.2) is 41.7 Å². The molecule has 1 fully saturated rings. The molecule has 5 nitrogen and oxygen atoms in total. The molecular weight excluding hydrogens is 254 g/mol. The van der Waals surface area contributed by atoms with Crippen LogP contribution in [0.5, 0.6) is 0 Å². The maximum absolute atomic E-state index is 11.7. The highest BCUT2D eigenvalue weighted by molar-refractivity contribution is 5.87. The molecular formula is C15H21N3O2. The molecule has 0 spiro atoms. The van der Waals surface area contributed by atoms with Crippen molar-refractivity contribution in [2.45, 2.75) is 25.9 Å². The Morgan fingerprint density at radius 3 is 2.45 bits per heavy atom. The highest BCUT2D eigenvalue weighted by Gasteiger charge is 2.28. The van der Waals surface area contributed by atoms with Gasteiger partial charge in [-0.1, -0.05) is 6.07 Å². The zero-order valence-electron chi connectivity index (χ0n) is 12.5. The third kappa shape index (κ3) is 1.93. The molecule has 2 aromatic rings. The highest BCUT2D eigenvalue weighted by Crippen LogP contribution is 2.28. The lowest BCUT2D eigenvalue weighted by Crippen LogP contribution is -2.55. The van der Waals surface area contributed by atoms with Gasteiger partial charge in [-0.25, -0.2) is 4.79 Å². The Kier molecular flexibility index (Phi) is 3.09. The molecule has 1 aromatic heterocycles. The molecule has 0 unspecified atom stereocenters. The number of hydrogen-bond donors (Lipinski definition) is 0. The maximum atomic E-state index is 11.7. The van der Waals surface area contributed by atoms with Gasteiger partial charge in [-0.15, -0.1) is 0 Å². The number of fused-ring (bicyclic) bond motifs is 1. The number of anilines is 1. The number of benzene rings is 1. The van der Waals surface area contributed by atoms with E-state index < -0.39 is 0 Å². The predicted molar refractivity (Wildman–Crippen MR) is 80.4 cm³/mol. The van der Waals surface area contributed by atoms with Gasteiger partial charge in [0.2, 0.25) is 0 Å². The molecule has 0 bridgehead atoms. The first-order valence-corrected chi connectivity index (χ1v) is 7.04. The van der Waals surface area contributed by atoms with Crippen LogP contribution < -0.4 is 10.7 Å². The van der Waals surface area contributed by atoms with E-state index in [0.717, 1.165) is 24.3 Å². The van der Waals surface area contributed by atoms with E-state index >= 15 is 0 Å². The van der Waals surface area contributed by atoms with Crippen molar-refractivity contribution in [2.75, 3.05) is 25.0 Å². The fraction of sp³-hybridized carbons (Fsp3) is 0.533. The first-order valence-electron chi connectivity index (χ1n) is 7.04. The molecule has 0 saturated carbocycles. The quantitative estimate of drug-likeness (QED) is 0.794. The third-order valence-corrected chi connectivity index (χ3v) is 4.50. The summed E-state index contributed by atoms with van der Waals surface area (Å²) in [4.78, 5) is 16.4. The summed E-state index contributed by atoms with van der Waals surface area (Å²) in [5, 5.41) is 0. The Hall–Kier alpha value is -1.75. The van der Waals surface area contributed by atoms with Crippen molar-refractivity contribution in [1.82, 2.24) is 9.47 Å². The molecule has 1 aromatic carbocycles. The number of oxazole rings is 1. The second-order valence-corrected chi connectivity index (χ2v) is 5.82. The van der Waals surface area contributed by atoms with Crippen LogP contribution in [0.15, 0.2) is 27.4 Å². The number of likely N-dealkylation sites (N-methyl/N-ethyl adjacent to an activating group) is 1. The van der Waals surface area contributed by atoms with Gasteiger partial charge in [0.25, 0.3) is 0 Å². The molecule has 0 aliphatic carbocycles. The van der Waals surface area contributed by atoms with E-state index in [1.165, 1.54) is 0 Å². The minimum atomic E-state index is -0.303. The second kappa shape index (κ2) is 4.66. The smallest absolute Gasteiger partial charge is 0.405 e. The Bertz CT molecular complexity index is 676. The summed E-state index contributed by atoms with van der Waals surface area (Å²) in [6.45, 7) is 6.34. The average Bonchev–Trinajstić information content (AvgIpc) is 2.71. The standard InChI is InChI=1S/C15H21N3O2/c1-10-8-18(9-11(2)16(10)3)13-7-5-6-12-14(13)20-15(19)17(12)4/h5-7,10-11H,8-9H2,1-4H3/t10-,11+. The first-order chi connectivity index (χ1) is 9.49. The van der Waals surface area contributed by atoms with Gasteiger partial charge in [0.15, 0.2) is 5.58 Å². The Balaban J connectivity index is 2.07. The van der Waals surface area contributed by atoms with Crippen LogP contribution in [0.1, 0.15) is 13.8 Å². The molecule has 108 valence electrons. The summed E-state index contributed by atoms with van der Waals surface area (Å²) in [5.41, 5.74) is 2.57. The van der Waals surface area contributed by atoms with Gasteiger partial charge >= 0.3 is 5.76 Å². The molecule has 5 heteroatoms. The van der Waals surface area contributed by atoms with Crippen LogP contribution >= 0.6 is 0 Å². The van der Waals surface area contributed by atoms with Crippen LogP contribution in [0, 0.1) is 0 Å². The molecule has 0 N–H and O–H groups in total. The van der Waals surface area contributed by atoms with Crippen molar-refractivity contribution >= 4 is 16.8 Å². The van der Waals surface area contributed by atoms with Crippen molar-refractivity contribution in [3.8, 4) is 0 Å². The van der Waals surface area contributed by atoms with Gasteiger partial charge in [0.1, 0.15) is 0 Å².